The Hall–Kier alpha value is -3.86. The summed E-state index contributed by atoms with van der Waals surface area (Å²) in [4.78, 5) is 18.1. The van der Waals surface area contributed by atoms with E-state index >= 15 is 0 Å². The van der Waals surface area contributed by atoms with E-state index in [4.69, 9.17) is 4.99 Å². The summed E-state index contributed by atoms with van der Waals surface area (Å²) in [5, 5.41) is 4.56. The molecule has 5 rings (SSSR count). The van der Waals surface area contributed by atoms with Gasteiger partial charge in [-0.3, -0.25) is 9.98 Å². The van der Waals surface area contributed by atoms with Crippen molar-refractivity contribution in [2.24, 2.45) is 10.4 Å². The molecule has 0 amide bonds. The Morgan fingerprint density at radius 1 is 0.906 bits per heavy atom. The summed E-state index contributed by atoms with van der Waals surface area (Å²) < 4.78 is 0. The SMILES string of the molecule is Cc1cc(C2=NCC(C)(CNc3ncnc4cc(-c5ccccc5)ccc34)C=C2)ccn1. The maximum Gasteiger partial charge on any atom is 0.137 e. The lowest BCUT2D eigenvalue weighted by atomic mass is 9.87. The van der Waals surface area contributed by atoms with Gasteiger partial charge in [-0.25, -0.2) is 9.97 Å². The molecular weight excluding hydrogens is 394 g/mol. The van der Waals surface area contributed by atoms with E-state index in [1.807, 2.05) is 25.3 Å². The largest absolute Gasteiger partial charge is 0.369 e. The number of nitrogens with one attached hydrogen (secondary N) is 1. The minimum absolute atomic E-state index is 0.0904. The highest BCUT2D eigenvalue weighted by atomic mass is 15.0. The van der Waals surface area contributed by atoms with Crippen molar-refractivity contribution in [3.05, 3.63) is 96.6 Å². The van der Waals surface area contributed by atoms with Crippen LogP contribution in [0.25, 0.3) is 22.0 Å². The van der Waals surface area contributed by atoms with Crippen LogP contribution < -0.4 is 5.32 Å². The van der Waals surface area contributed by atoms with E-state index in [0.717, 1.165) is 45.8 Å². The summed E-state index contributed by atoms with van der Waals surface area (Å²) in [6, 6.07) is 20.8. The van der Waals surface area contributed by atoms with E-state index in [2.05, 4.69) is 87.9 Å². The fraction of sp³-hybridized carbons (Fsp3) is 0.185. The van der Waals surface area contributed by atoms with Crippen LogP contribution in [0.3, 0.4) is 0 Å². The standard InChI is InChI=1S/C27H25N5/c1-19-14-22(11-13-28-19)24-10-12-27(2,16-29-24)17-30-26-23-9-8-21(15-25(23)31-18-32-26)20-6-4-3-5-7-20/h3-15,18H,16-17H2,1-2H3,(H,30,31,32). The van der Waals surface area contributed by atoms with Gasteiger partial charge in [0.2, 0.25) is 0 Å². The van der Waals surface area contributed by atoms with Crippen molar-refractivity contribution in [3.8, 4) is 11.1 Å². The molecule has 0 aliphatic carbocycles. The van der Waals surface area contributed by atoms with Crippen molar-refractivity contribution in [2.75, 3.05) is 18.4 Å². The first-order valence-corrected chi connectivity index (χ1v) is 10.8. The molecule has 0 bridgehead atoms. The van der Waals surface area contributed by atoms with Crippen LogP contribution in [-0.4, -0.2) is 33.8 Å². The minimum atomic E-state index is -0.0904. The highest BCUT2D eigenvalue weighted by molar-refractivity contribution is 6.09. The van der Waals surface area contributed by atoms with Gasteiger partial charge in [-0.05, 0) is 48.4 Å². The van der Waals surface area contributed by atoms with Gasteiger partial charge >= 0.3 is 0 Å². The third kappa shape index (κ3) is 4.14. The Morgan fingerprint density at radius 2 is 1.78 bits per heavy atom. The Labute approximate surface area is 188 Å². The highest BCUT2D eigenvalue weighted by Crippen LogP contribution is 2.28. The molecule has 5 nitrogen and oxygen atoms in total. The molecule has 1 unspecified atom stereocenters. The fourth-order valence-electron chi connectivity index (χ4n) is 3.95. The van der Waals surface area contributed by atoms with Gasteiger partial charge in [-0.15, -0.1) is 0 Å². The second-order valence-corrected chi connectivity index (χ2v) is 8.55. The third-order valence-corrected chi connectivity index (χ3v) is 5.85. The molecule has 1 aliphatic rings. The van der Waals surface area contributed by atoms with Gasteiger partial charge in [0.05, 0.1) is 17.8 Å². The second kappa shape index (κ2) is 8.35. The first-order chi connectivity index (χ1) is 15.6. The van der Waals surface area contributed by atoms with Crippen LogP contribution in [0.15, 0.2) is 90.3 Å². The molecule has 0 spiro atoms. The molecule has 1 aliphatic heterocycles. The Morgan fingerprint density at radius 3 is 2.56 bits per heavy atom. The van der Waals surface area contributed by atoms with E-state index in [1.54, 1.807) is 6.33 Å². The van der Waals surface area contributed by atoms with Crippen LogP contribution >= 0.6 is 0 Å². The number of hydrogen-bond acceptors (Lipinski definition) is 5. The number of aryl methyl sites for hydroxylation is 1. The average Bonchev–Trinajstić information content (AvgIpc) is 2.83. The number of dihydropyridines is 1. The molecule has 0 saturated carbocycles. The van der Waals surface area contributed by atoms with E-state index < -0.39 is 0 Å². The maximum absolute atomic E-state index is 4.84. The lowest BCUT2D eigenvalue weighted by Crippen LogP contribution is -2.30. The van der Waals surface area contributed by atoms with Crippen molar-refractivity contribution < 1.29 is 0 Å². The number of anilines is 1. The number of pyridine rings is 1. The maximum atomic E-state index is 4.84. The molecule has 158 valence electrons. The van der Waals surface area contributed by atoms with E-state index in [-0.39, 0.29) is 5.41 Å². The molecule has 1 N–H and O–H groups in total. The summed E-state index contributed by atoms with van der Waals surface area (Å²) in [6.07, 6.45) is 7.82. The van der Waals surface area contributed by atoms with E-state index in [9.17, 15) is 0 Å². The molecule has 0 fully saturated rings. The van der Waals surface area contributed by atoms with Gasteiger partial charge in [0.25, 0.3) is 0 Å². The van der Waals surface area contributed by atoms with Crippen molar-refractivity contribution in [1.82, 2.24) is 15.0 Å². The van der Waals surface area contributed by atoms with Crippen molar-refractivity contribution in [2.45, 2.75) is 13.8 Å². The predicted octanol–water partition coefficient (Wildman–Crippen LogP) is 5.48. The first-order valence-electron chi connectivity index (χ1n) is 10.8. The first kappa shape index (κ1) is 20.1. The summed E-state index contributed by atoms with van der Waals surface area (Å²) in [5.41, 5.74) is 6.29. The monoisotopic (exact) mass is 419 g/mol. The van der Waals surface area contributed by atoms with Gasteiger partial charge in [0, 0.05) is 34.8 Å². The third-order valence-electron chi connectivity index (χ3n) is 5.85. The van der Waals surface area contributed by atoms with E-state index in [1.165, 1.54) is 5.56 Å². The fourth-order valence-corrected chi connectivity index (χ4v) is 3.95. The van der Waals surface area contributed by atoms with Gasteiger partial charge in [0.1, 0.15) is 12.1 Å². The Kier molecular flexibility index (Phi) is 5.23. The van der Waals surface area contributed by atoms with Crippen LogP contribution in [-0.2, 0) is 0 Å². The van der Waals surface area contributed by atoms with Gasteiger partial charge in [0.15, 0.2) is 0 Å². The zero-order valence-electron chi connectivity index (χ0n) is 18.3. The molecular formula is C27H25N5. The molecule has 0 saturated heterocycles. The van der Waals surface area contributed by atoms with Crippen LogP contribution in [0.1, 0.15) is 18.2 Å². The predicted molar refractivity (Wildman–Crippen MR) is 131 cm³/mol. The summed E-state index contributed by atoms with van der Waals surface area (Å²) in [5.74, 6) is 0.851. The van der Waals surface area contributed by atoms with E-state index in [0.29, 0.717) is 6.54 Å². The summed E-state index contributed by atoms with van der Waals surface area (Å²) >= 11 is 0. The molecule has 0 radical (unpaired) electrons. The molecule has 1 atom stereocenters. The van der Waals surface area contributed by atoms with Crippen LogP contribution in [0.5, 0.6) is 0 Å². The zero-order valence-corrected chi connectivity index (χ0v) is 18.3. The Bertz CT molecular complexity index is 1330. The lowest BCUT2D eigenvalue weighted by molar-refractivity contribution is 0.466. The van der Waals surface area contributed by atoms with Crippen LogP contribution in [0, 0.1) is 12.3 Å². The minimum Gasteiger partial charge on any atom is -0.369 e. The lowest BCUT2D eigenvalue weighted by Gasteiger charge is -2.28. The van der Waals surface area contributed by atoms with Gasteiger partial charge in [-0.1, -0.05) is 49.4 Å². The number of fused-ring (bicyclic) bond motifs is 1. The smallest absolute Gasteiger partial charge is 0.137 e. The summed E-state index contributed by atoms with van der Waals surface area (Å²) in [7, 11) is 0. The Balaban J connectivity index is 1.33. The number of hydrogen-bond donors (Lipinski definition) is 1. The number of benzene rings is 2. The van der Waals surface area contributed by atoms with Gasteiger partial charge < -0.3 is 5.32 Å². The second-order valence-electron chi connectivity index (χ2n) is 8.55. The zero-order chi connectivity index (χ0) is 22.0. The average molecular weight is 420 g/mol. The van der Waals surface area contributed by atoms with Gasteiger partial charge in [-0.2, -0.15) is 0 Å². The molecule has 2 aromatic heterocycles. The molecule has 4 aromatic rings. The summed E-state index contributed by atoms with van der Waals surface area (Å²) in [6.45, 7) is 5.67. The number of aliphatic imine (C=N–C) groups is 1. The quantitative estimate of drug-likeness (QED) is 0.465. The van der Waals surface area contributed by atoms with Crippen molar-refractivity contribution in [3.63, 3.8) is 0 Å². The molecule has 2 aromatic carbocycles. The van der Waals surface area contributed by atoms with Crippen molar-refractivity contribution >= 4 is 22.4 Å². The van der Waals surface area contributed by atoms with Crippen LogP contribution in [0.2, 0.25) is 0 Å². The van der Waals surface area contributed by atoms with Crippen LogP contribution in [0.4, 0.5) is 5.82 Å². The molecule has 5 heteroatoms. The topological polar surface area (TPSA) is 63.1 Å². The molecule has 32 heavy (non-hydrogen) atoms. The normalized spacial score (nSPS) is 17.9. The van der Waals surface area contributed by atoms with Crippen molar-refractivity contribution in [1.29, 1.82) is 0 Å². The highest BCUT2D eigenvalue weighted by Gasteiger charge is 2.24. The number of aromatic nitrogens is 3. The number of rotatable bonds is 5. The number of nitrogens with zero attached hydrogens (tertiary/aromatic N) is 4. The molecule has 3 heterocycles. The number of allylic oxidation sites excluding steroid dienone is 1.